The summed E-state index contributed by atoms with van der Waals surface area (Å²) in [5.41, 5.74) is 7.66. The van der Waals surface area contributed by atoms with Crippen LogP contribution in [0.1, 0.15) is 49.8 Å². The van der Waals surface area contributed by atoms with Crippen molar-refractivity contribution in [2.45, 2.75) is 46.1 Å². The number of amides is 1. The molecular weight excluding hydrogens is 256 g/mol. The number of ether oxygens (including phenoxy) is 1. The molecule has 0 aliphatic rings. The minimum Gasteiger partial charge on any atom is -0.395 e. The predicted octanol–water partition coefficient (Wildman–Crippen LogP) is 1.83. The number of carbonyl (C=O) groups is 1. The normalized spacial score (nSPS) is 12.4. The van der Waals surface area contributed by atoms with Crippen LogP contribution in [0.2, 0.25) is 0 Å². The van der Waals surface area contributed by atoms with E-state index in [-0.39, 0.29) is 11.9 Å². The van der Waals surface area contributed by atoms with Gasteiger partial charge in [-0.1, -0.05) is 20.3 Å². The lowest BCUT2D eigenvalue weighted by molar-refractivity contribution is 0.0609. The minimum atomic E-state index is -0.132. The van der Waals surface area contributed by atoms with E-state index in [4.69, 9.17) is 10.5 Å². The number of nitrogens with two attached hydrogens (primary N) is 1. The summed E-state index contributed by atoms with van der Waals surface area (Å²) in [7, 11) is 1.63. The first-order chi connectivity index (χ1) is 9.56. The first kappa shape index (κ1) is 16.5. The zero-order valence-corrected chi connectivity index (χ0v) is 12.9. The van der Waals surface area contributed by atoms with Gasteiger partial charge < -0.3 is 15.4 Å². The van der Waals surface area contributed by atoms with Gasteiger partial charge in [0.15, 0.2) is 5.69 Å². The van der Waals surface area contributed by atoms with Crippen molar-refractivity contribution in [3.05, 3.63) is 11.4 Å². The van der Waals surface area contributed by atoms with Crippen LogP contribution in [0.3, 0.4) is 0 Å². The topological polar surface area (TPSA) is 84.2 Å². The van der Waals surface area contributed by atoms with Gasteiger partial charge in [0.2, 0.25) is 0 Å². The second kappa shape index (κ2) is 7.89. The number of aromatic nitrogens is 2. The van der Waals surface area contributed by atoms with Crippen LogP contribution >= 0.6 is 0 Å². The SMILES string of the molecule is CCCc1[nH]nc(C(=O)N(CCOC)C(C)CC)c1N. The van der Waals surface area contributed by atoms with Crippen LogP contribution < -0.4 is 5.73 Å². The van der Waals surface area contributed by atoms with E-state index in [2.05, 4.69) is 17.1 Å². The summed E-state index contributed by atoms with van der Waals surface area (Å²) in [4.78, 5) is 14.4. The minimum absolute atomic E-state index is 0.128. The van der Waals surface area contributed by atoms with Gasteiger partial charge in [0.05, 0.1) is 18.0 Å². The van der Waals surface area contributed by atoms with E-state index in [9.17, 15) is 4.79 Å². The van der Waals surface area contributed by atoms with Crippen LogP contribution in [-0.4, -0.2) is 47.3 Å². The molecular formula is C14H26N4O2. The van der Waals surface area contributed by atoms with Crippen molar-refractivity contribution in [2.24, 2.45) is 0 Å². The number of aryl methyl sites for hydroxylation is 1. The number of anilines is 1. The lowest BCUT2D eigenvalue weighted by Crippen LogP contribution is -2.41. The number of nitrogens with zero attached hydrogens (tertiary/aromatic N) is 2. The summed E-state index contributed by atoms with van der Waals surface area (Å²) in [5.74, 6) is -0.132. The predicted molar refractivity (Wildman–Crippen MR) is 79.7 cm³/mol. The average molecular weight is 282 g/mol. The van der Waals surface area contributed by atoms with Crippen LogP contribution in [-0.2, 0) is 11.2 Å². The highest BCUT2D eigenvalue weighted by Gasteiger charge is 2.25. The van der Waals surface area contributed by atoms with E-state index in [0.717, 1.165) is 25.0 Å². The van der Waals surface area contributed by atoms with Crippen molar-refractivity contribution < 1.29 is 9.53 Å². The molecule has 6 nitrogen and oxygen atoms in total. The Morgan fingerprint density at radius 2 is 2.20 bits per heavy atom. The molecule has 1 atom stereocenters. The Labute approximate surface area is 120 Å². The van der Waals surface area contributed by atoms with Crippen LogP contribution in [0, 0.1) is 0 Å². The van der Waals surface area contributed by atoms with E-state index in [1.54, 1.807) is 12.0 Å². The molecule has 6 heteroatoms. The summed E-state index contributed by atoms with van der Waals surface area (Å²) in [6.07, 6.45) is 2.63. The van der Waals surface area contributed by atoms with Gasteiger partial charge in [0.25, 0.3) is 5.91 Å². The molecule has 0 saturated carbocycles. The standard InChI is InChI=1S/C14H26N4O2/c1-5-7-11-12(15)13(17-16-11)14(19)18(8-9-20-4)10(3)6-2/h10H,5-9,15H2,1-4H3,(H,16,17). The third-order valence-corrected chi connectivity index (χ3v) is 3.51. The maximum absolute atomic E-state index is 12.6. The highest BCUT2D eigenvalue weighted by atomic mass is 16.5. The van der Waals surface area contributed by atoms with Gasteiger partial charge >= 0.3 is 0 Å². The molecule has 1 unspecified atom stereocenters. The molecule has 0 spiro atoms. The van der Waals surface area contributed by atoms with E-state index in [0.29, 0.717) is 24.5 Å². The van der Waals surface area contributed by atoms with Crippen LogP contribution in [0.4, 0.5) is 5.69 Å². The molecule has 0 aliphatic carbocycles. The smallest absolute Gasteiger partial charge is 0.276 e. The molecule has 1 rings (SSSR count). The number of nitrogens with one attached hydrogen (secondary N) is 1. The van der Waals surface area contributed by atoms with Gasteiger partial charge in [-0.2, -0.15) is 5.10 Å². The van der Waals surface area contributed by atoms with Crippen LogP contribution in [0.25, 0.3) is 0 Å². The molecule has 114 valence electrons. The number of rotatable bonds is 8. The number of methoxy groups -OCH3 is 1. The van der Waals surface area contributed by atoms with Gasteiger partial charge in [-0.15, -0.1) is 0 Å². The summed E-state index contributed by atoms with van der Waals surface area (Å²) >= 11 is 0. The number of nitrogen functional groups attached to an aromatic ring is 1. The monoisotopic (exact) mass is 282 g/mol. The lowest BCUT2D eigenvalue weighted by atomic mass is 10.1. The average Bonchev–Trinajstić information content (AvgIpc) is 2.80. The Balaban J connectivity index is 2.93. The van der Waals surface area contributed by atoms with Crippen molar-refractivity contribution in [3.8, 4) is 0 Å². The molecule has 1 heterocycles. The van der Waals surface area contributed by atoms with Gasteiger partial charge in [0, 0.05) is 19.7 Å². The van der Waals surface area contributed by atoms with Gasteiger partial charge in [-0.25, -0.2) is 0 Å². The summed E-state index contributed by atoms with van der Waals surface area (Å²) < 4.78 is 5.07. The number of aromatic amines is 1. The summed E-state index contributed by atoms with van der Waals surface area (Å²) in [6, 6.07) is 0.128. The highest BCUT2D eigenvalue weighted by Crippen LogP contribution is 2.19. The van der Waals surface area contributed by atoms with Crippen molar-refractivity contribution in [1.82, 2.24) is 15.1 Å². The fourth-order valence-electron chi connectivity index (χ4n) is 2.06. The second-order valence-electron chi connectivity index (χ2n) is 4.96. The fourth-order valence-corrected chi connectivity index (χ4v) is 2.06. The lowest BCUT2D eigenvalue weighted by Gasteiger charge is -2.27. The van der Waals surface area contributed by atoms with E-state index >= 15 is 0 Å². The molecule has 20 heavy (non-hydrogen) atoms. The van der Waals surface area contributed by atoms with E-state index in [1.165, 1.54) is 0 Å². The van der Waals surface area contributed by atoms with Crippen molar-refractivity contribution >= 4 is 11.6 Å². The fraction of sp³-hybridized carbons (Fsp3) is 0.714. The Hall–Kier alpha value is -1.56. The molecule has 1 amide bonds. The molecule has 0 aromatic carbocycles. The van der Waals surface area contributed by atoms with Crippen molar-refractivity contribution in [2.75, 3.05) is 26.0 Å². The molecule has 3 N–H and O–H groups in total. The van der Waals surface area contributed by atoms with Crippen LogP contribution in [0.5, 0.6) is 0 Å². The van der Waals surface area contributed by atoms with Gasteiger partial charge in [-0.05, 0) is 19.8 Å². The van der Waals surface area contributed by atoms with Crippen molar-refractivity contribution in [3.63, 3.8) is 0 Å². The van der Waals surface area contributed by atoms with Gasteiger partial charge in [0.1, 0.15) is 0 Å². The van der Waals surface area contributed by atoms with E-state index in [1.807, 2.05) is 13.8 Å². The Bertz CT molecular complexity index is 431. The number of hydrogen-bond donors (Lipinski definition) is 2. The first-order valence-electron chi connectivity index (χ1n) is 7.19. The number of hydrogen-bond acceptors (Lipinski definition) is 4. The summed E-state index contributed by atoms with van der Waals surface area (Å²) in [5, 5.41) is 6.97. The van der Waals surface area contributed by atoms with Crippen molar-refractivity contribution in [1.29, 1.82) is 0 Å². The maximum Gasteiger partial charge on any atom is 0.276 e. The second-order valence-corrected chi connectivity index (χ2v) is 4.96. The van der Waals surface area contributed by atoms with E-state index < -0.39 is 0 Å². The third kappa shape index (κ3) is 3.72. The zero-order valence-electron chi connectivity index (χ0n) is 12.9. The highest BCUT2D eigenvalue weighted by molar-refractivity contribution is 5.97. The molecule has 1 aromatic rings. The number of H-pyrrole nitrogens is 1. The van der Waals surface area contributed by atoms with Gasteiger partial charge in [-0.3, -0.25) is 9.89 Å². The Kier molecular flexibility index (Phi) is 6.51. The maximum atomic E-state index is 12.6. The van der Waals surface area contributed by atoms with Crippen LogP contribution in [0.15, 0.2) is 0 Å². The Morgan fingerprint density at radius 1 is 1.50 bits per heavy atom. The number of carbonyl (C=O) groups excluding carboxylic acids is 1. The molecule has 0 saturated heterocycles. The molecule has 0 bridgehead atoms. The molecule has 0 fully saturated rings. The zero-order chi connectivity index (χ0) is 15.1. The molecule has 0 radical (unpaired) electrons. The first-order valence-corrected chi connectivity index (χ1v) is 7.19. The third-order valence-electron chi connectivity index (χ3n) is 3.51. The molecule has 1 aromatic heterocycles. The largest absolute Gasteiger partial charge is 0.395 e. The summed E-state index contributed by atoms with van der Waals surface area (Å²) in [6.45, 7) is 7.17. The molecule has 0 aliphatic heterocycles. The Morgan fingerprint density at radius 3 is 2.75 bits per heavy atom. The quantitative estimate of drug-likeness (QED) is 0.762.